The second-order valence-electron chi connectivity index (χ2n) is 6.97. The quantitative estimate of drug-likeness (QED) is 0.847. The fourth-order valence-corrected chi connectivity index (χ4v) is 4.73. The van der Waals surface area contributed by atoms with Crippen molar-refractivity contribution in [3.63, 3.8) is 0 Å². The second kappa shape index (κ2) is 8.28. The summed E-state index contributed by atoms with van der Waals surface area (Å²) in [4.78, 5) is 15.9. The number of anilines is 2. The van der Waals surface area contributed by atoms with Gasteiger partial charge in [0.15, 0.2) is 0 Å². The molecule has 1 amide bonds. The molecule has 0 bridgehead atoms. The van der Waals surface area contributed by atoms with Gasteiger partial charge in [0.1, 0.15) is 5.82 Å². The van der Waals surface area contributed by atoms with E-state index in [1.54, 1.807) is 12.1 Å². The molecule has 1 aliphatic heterocycles. The molecule has 28 heavy (non-hydrogen) atoms. The van der Waals surface area contributed by atoms with Crippen LogP contribution in [-0.4, -0.2) is 52.5 Å². The van der Waals surface area contributed by atoms with Crippen LogP contribution in [0.5, 0.6) is 0 Å². The standard InChI is InChI=1S/C20H24FN3O3S/c1-15(25)22-19-14-17(24-10-4-9-23(2)11-12-24)7-8-20(19)28(26,27)18-6-3-5-16(21)13-18/h3,5-8,13-14H,4,9-12H2,1-2H3,(H,22,25). The molecule has 0 radical (unpaired) electrons. The minimum atomic E-state index is -3.98. The zero-order valence-electron chi connectivity index (χ0n) is 16.0. The minimum absolute atomic E-state index is 0.0519. The van der Waals surface area contributed by atoms with Gasteiger partial charge < -0.3 is 15.1 Å². The zero-order chi connectivity index (χ0) is 20.3. The van der Waals surface area contributed by atoms with Crippen molar-refractivity contribution < 1.29 is 17.6 Å². The summed E-state index contributed by atoms with van der Waals surface area (Å²) in [6.45, 7) is 4.89. The fraction of sp³-hybridized carbons (Fsp3) is 0.350. The summed E-state index contributed by atoms with van der Waals surface area (Å²) in [5.41, 5.74) is 1.05. The van der Waals surface area contributed by atoms with Crippen molar-refractivity contribution in [3.05, 3.63) is 48.3 Å². The van der Waals surface area contributed by atoms with E-state index in [0.717, 1.165) is 44.4 Å². The van der Waals surface area contributed by atoms with Crippen molar-refractivity contribution in [1.29, 1.82) is 0 Å². The normalized spacial score (nSPS) is 15.9. The Labute approximate surface area is 164 Å². The van der Waals surface area contributed by atoms with E-state index in [2.05, 4.69) is 22.2 Å². The lowest BCUT2D eigenvalue weighted by atomic mass is 10.2. The molecule has 1 saturated heterocycles. The Balaban J connectivity index is 2.03. The molecule has 1 aliphatic rings. The van der Waals surface area contributed by atoms with E-state index in [9.17, 15) is 17.6 Å². The number of hydrogen-bond acceptors (Lipinski definition) is 5. The molecule has 1 fully saturated rings. The molecule has 0 unspecified atom stereocenters. The van der Waals surface area contributed by atoms with Gasteiger partial charge in [-0.3, -0.25) is 4.79 Å². The molecule has 2 aromatic rings. The maximum Gasteiger partial charge on any atom is 0.221 e. The van der Waals surface area contributed by atoms with Crippen molar-refractivity contribution in [2.75, 3.05) is 43.4 Å². The molecular formula is C20H24FN3O3S. The van der Waals surface area contributed by atoms with Gasteiger partial charge in [0.2, 0.25) is 15.7 Å². The number of hydrogen-bond donors (Lipinski definition) is 1. The third-order valence-electron chi connectivity index (χ3n) is 4.75. The molecule has 150 valence electrons. The average molecular weight is 405 g/mol. The van der Waals surface area contributed by atoms with Crippen LogP contribution in [0.4, 0.5) is 15.8 Å². The number of likely N-dealkylation sites (N-methyl/N-ethyl adjacent to an activating group) is 1. The Morgan fingerprint density at radius 1 is 1.07 bits per heavy atom. The number of carbonyl (C=O) groups is 1. The molecule has 8 heteroatoms. The van der Waals surface area contributed by atoms with Crippen molar-refractivity contribution >= 4 is 27.1 Å². The number of nitrogens with zero attached hydrogens (tertiary/aromatic N) is 2. The van der Waals surface area contributed by atoms with Gasteiger partial charge in [-0.2, -0.15) is 0 Å². The molecule has 2 aromatic carbocycles. The monoisotopic (exact) mass is 405 g/mol. The smallest absolute Gasteiger partial charge is 0.221 e. The fourth-order valence-electron chi connectivity index (χ4n) is 3.30. The number of carbonyl (C=O) groups excluding carboxylic acids is 1. The number of sulfone groups is 1. The van der Waals surface area contributed by atoms with Gasteiger partial charge in [0, 0.05) is 32.2 Å². The van der Waals surface area contributed by atoms with Crippen LogP contribution in [0.1, 0.15) is 13.3 Å². The Morgan fingerprint density at radius 2 is 1.86 bits per heavy atom. The number of benzene rings is 2. The summed E-state index contributed by atoms with van der Waals surface area (Å²) in [6, 6.07) is 9.76. The first-order chi connectivity index (χ1) is 13.3. The van der Waals surface area contributed by atoms with E-state index in [-0.39, 0.29) is 21.4 Å². The Hall–Kier alpha value is -2.45. The number of rotatable bonds is 4. The highest BCUT2D eigenvalue weighted by Crippen LogP contribution is 2.32. The summed E-state index contributed by atoms with van der Waals surface area (Å²) in [7, 11) is -1.91. The van der Waals surface area contributed by atoms with E-state index in [1.165, 1.54) is 31.2 Å². The predicted molar refractivity (Wildman–Crippen MR) is 107 cm³/mol. The van der Waals surface area contributed by atoms with Gasteiger partial charge in [0.25, 0.3) is 0 Å². The number of amides is 1. The highest BCUT2D eigenvalue weighted by Gasteiger charge is 2.24. The lowest BCUT2D eigenvalue weighted by Crippen LogP contribution is -2.28. The number of halogens is 1. The molecular weight excluding hydrogens is 381 g/mol. The minimum Gasteiger partial charge on any atom is -0.370 e. The molecule has 3 rings (SSSR count). The highest BCUT2D eigenvalue weighted by atomic mass is 32.2. The molecule has 1 heterocycles. The third-order valence-corrected chi connectivity index (χ3v) is 6.56. The lowest BCUT2D eigenvalue weighted by molar-refractivity contribution is -0.114. The van der Waals surface area contributed by atoms with Gasteiger partial charge in [-0.1, -0.05) is 6.07 Å². The molecule has 0 atom stereocenters. The molecule has 1 N–H and O–H groups in total. The summed E-state index contributed by atoms with van der Waals surface area (Å²) >= 11 is 0. The first kappa shape index (κ1) is 20.3. The number of nitrogens with one attached hydrogen (secondary N) is 1. The first-order valence-electron chi connectivity index (χ1n) is 9.13. The topological polar surface area (TPSA) is 69.7 Å². The summed E-state index contributed by atoms with van der Waals surface area (Å²) in [5, 5.41) is 2.62. The Kier molecular flexibility index (Phi) is 6.00. The molecule has 0 saturated carbocycles. The predicted octanol–water partition coefficient (Wildman–Crippen LogP) is 2.76. The zero-order valence-corrected chi connectivity index (χ0v) is 16.8. The Morgan fingerprint density at radius 3 is 2.57 bits per heavy atom. The van der Waals surface area contributed by atoms with E-state index in [1.807, 2.05) is 0 Å². The van der Waals surface area contributed by atoms with Crippen LogP contribution < -0.4 is 10.2 Å². The third kappa shape index (κ3) is 4.51. The van der Waals surface area contributed by atoms with E-state index >= 15 is 0 Å². The lowest BCUT2D eigenvalue weighted by Gasteiger charge is -2.24. The van der Waals surface area contributed by atoms with Crippen LogP contribution in [0.25, 0.3) is 0 Å². The maximum atomic E-state index is 13.6. The summed E-state index contributed by atoms with van der Waals surface area (Å²) in [5.74, 6) is -1.00. The molecule has 0 spiro atoms. The van der Waals surface area contributed by atoms with Crippen LogP contribution in [0, 0.1) is 5.82 Å². The van der Waals surface area contributed by atoms with Gasteiger partial charge in [-0.25, -0.2) is 12.8 Å². The van der Waals surface area contributed by atoms with E-state index < -0.39 is 15.7 Å². The maximum absolute atomic E-state index is 13.6. The second-order valence-corrected chi connectivity index (χ2v) is 8.88. The van der Waals surface area contributed by atoms with Crippen molar-refractivity contribution in [1.82, 2.24) is 4.90 Å². The van der Waals surface area contributed by atoms with E-state index in [4.69, 9.17) is 0 Å². The van der Waals surface area contributed by atoms with Crippen molar-refractivity contribution in [3.8, 4) is 0 Å². The van der Waals surface area contributed by atoms with Gasteiger partial charge in [0.05, 0.1) is 15.5 Å². The van der Waals surface area contributed by atoms with Crippen LogP contribution in [0.2, 0.25) is 0 Å². The Bertz CT molecular complexity index is 978. The van der Waals surface area contributed by atoms with Gasteiger partial charge in [-0.05, 0) is 56.4 Å². The van der Waals surface area contributed by atoms with Crippen LogP contribution in [-0.2, 0) is 14.6 Å². The van der Waals surface area contributed by atoms with Crippen molar-refractivity contribution in [2.45, 2.75) is 23.1 Å². The van der Waals surface area contributed by atoms with E-state index in [0.29, 0.717) is 0 Å². The molecule has 0 aliphatic carbocycles. The van der Waals surface area contributed by atoms with Crippen LogP contribution >= 0.6 is 0 Å². The largest absolute Gasteiger partial charge is 0.370 e. The molecule has 6 nitrogen and oxygen atoms in total. The van der Waals surface area contributed by atoms with Crippen LogP contribution in [0.15, 0.2) is 52.3 Å². The molecule has 0 aromatic heterocycles. The summed E-state index contributed by atoms with van der Waals surface area (Å²) in [6.07, 6.45) is 0.995. The SMILES string of the molecule is CC(=O)Nc1cc(N2CCCN(C)CC2)ccc1S(=O)(=O)c1cccc(F)c1. The first-order valence-corrected chi connectivity index (χ1v) is 10.6. The van der Waals surface area contributed by atoms with Crippen LogP contribution in [0.3, 0.4) is 0 Å². The van der Waals surface area contributed by atoms with Gasteiger partial charge in [-0.15, -0.1) is 0 Å². The highest BCUT2D eigenvalue weighted by molar-refractivity contribution is 7.91. The average Bonchev–Trinajstić information content (AvgIpc) is 2.85. The van der Waals surface area contributed by atoms with Crippen molar-refractivity contribution in [2.24, 2.45) is 0 Å². The van der Waals surface area contributed by atoms with Gasteiger partial charge >= 0.3 is 0 Å². The summed E-state index contributed by atoms with van der Waals surface area (Å²) < 4.78 is 39.6.